The zero-order valence-electron chi connectivity index (χ0n) is 29.9. The summed E-state index contributed by atoms with van der Waals surface area (Å²) in [6.45, 7) is 9.05. The summed E-state index contributed by atoms with van der Waals surface area (Å²) in [4.78, 5) is 49.0. The zero-order chi connectivity index (χ0) is 38.1. The van der Waals surface area contributed by atoms with Gasteiger partial charge >= 0.3 is 25.4 Å². The average Bonchev–Trinajstić information content (AvgIpc) is 3.30. The quantitative estimate of drug-likeness (QED) is 0.0709. The fourth-order valence-corrected chi connectivity index (χ4v) is 6.80. The number of carbonyl (C=O) groups excluding carboxylic acids is 2. The molecule has 1 aromatic heterocycles. The van der Waals surface area contributed by atoms with E-state index in [0.717, 1.165) is 5.56 Å². The Labute approximate surface area is 301 Å². The number of aliphatic hydroxyl groups excluding tert-OH is 1. The first-order chi connectivity index (χ1) is 24.6. The number of nitrogens with one attached hydrogen (secondary N) is 3. The predicted molar refractivity (Wildman–Crippen MR) is 188 cm³/mol. The first-order valence-corrected chi connectivity index (χ1v) is 18.4. The van der Waals surface area contributed by atoms with Crippen LogP contribution in [-0.4, -0.2) is 74.8 Å². The third-order valence-corrected chi connectivity index (χ3v) is 9.42. The molecule has 16 nitrogen and oxygen atoms in total. The number of benzene rings is 2. The molecule has 0 radical (unpaired) electrons. The molecule has 1 unspecified atom stereocenters. The van der Waals surface area contributed by atoms with Crippen molar-refractivity contribution >= 4 is 25.5 Å². The van der Waals surface area contributed by atoms with Gasteiger partial charge in [0.2, 0.25) is 0 Å². The van der Waals surface area contributed by atoms with Crippen LogP contribution >= 0.6 is 7.75 Å². The summed E-state index contributed by atoms with van der Waals surface area (Å²) in [7, 11) is -4.50. The lowest BCUT2D eigenvalue weighted by Crippen LogP contribution is -2.43. The Hall–Kier alpha value is -4.15. The summed E-state index contributed by atoms with van der Waals surface area (Å²) in [5.41, 5.74) is 1.42. The summed E-state index contributed by atoms with van der Waals surface area (Å²) in [5, 5.41) is 25.3. The van der Waals surface area contributed by atoms with Crippen molar-refractivity contribution in [2.45, 2.75) is 103 Å². The van der Waals surface area contributed by atoms with Gasteiger partial charge in [0.25, 0.3) is 0 Å². The molecule has 3 aromatic rings. The molecule has 1 saturated heterocycles. The van der Waals surface area contributed by atoms with Gasteiger partial charge in [-0.1, -0.05) is 48.5 Å². The lowest BCUT2D eigenvalue weighted by molar-refractivity contribution is -0.149. The Morgan fingerprint density at radius 1 is 1.04 bits per heavy atom. The molecule has 0 saturated carbocycles. The summed E-state index contributed by atoms with van der Waals surface area (Å²) in [6.07, 6.45) is -3.50. The molecule has 0 aliphatic carbocycles. The molecule has 6 atom stereocenters. The molecular weight excluding hydrogens is 699 g/mol. The van der Waals surface area contributed by atoms with E-state index in [0.29, 0.717) is 5.56 Å². The summed E-state index contributed by atoms with van der Waals surface area (Å²) in [6, 6.07) is 14.6. The van der Waals surface area contributed by atoms with E-state index in [9.17, 15) is 29.2 Å². The van der Waals surface area contributed by atoms with E-state index in [1.54, 1.807) is 45.9 Å². The van der Waals surface area contributed by atoms with Crippen molar-refractivity contribution in [2.24, 2.45) is 0 Å². The van der Waals surface area contributed by atoms with E-state index < -0.39 is 68.0 Å². The average molecular weight is 747 g/mol. The first kappa shape index (κ1) is 40.6. The maximum atomic E-state index is 14.4. The number of hydrogen-bond donors (Lipinski definition) is 5. The third-order valence-electron chi connectivity index (χ3n) is 7.79. The predicted octanol–water partition coefficient (Wildman–Crippen LogP) is 3.88. The van der Waals surface area contributed by atoms with Crippen LogP contribution in [0.2, 0.25) is 0 Å². The van der Waals surface area contributed by atoms with Crippen molar-refractivity contribution in [3.63, 3.8) is 0 Å². The van der Waals surface area contributed by atoms with Crippen LogP contribution in [0.1, 0.15) is 70.8 Å². The van der Waals surface area contributed by atoms with E-state index in [2.05, 4.69) is 20.5 Å². The minimum atomic E-state index is -4.50. The van der Waals surface area contributed by atoms with Gasteiger partial charge in [-0.3, -0.25) is 19.0 Å². The molecule has 1 aliphatic heterocycles. The first-order valence-electron chi connectivity index (χ1n) is 16.8. The van der Waals surface area contributed by atoms with Crippen LogP contribution in [0.4, 0.5) is 5.82 Å². The highest BCUT2D eigenvalue weighted by Gasteiger charge is 2.54. The number of hydrogen-bond acceptors (Lipinski definition) is 14. The van der Waals surface area contributed by atoms with Gasteiger partial charge in [-0.25, -0.2) is 14.8 Å². The third kappa shape index (κ3) is 11.2. The van der Waals surface area contributed by atoms with Gasteiger partial charge in [-0.2, -0.15) is 10.1 Å². The van der Waals surface area contributed by atoms with Crippen LogP contribution in [0.3, 0.4) is 0 Å². The van der Waals surface area contributed by atoms with Crippen LogP contribution < -0.4 is 20.8 Å². The summed E-state index contributed by atoms with van der Waals surface area (Å²) >= 11 is 0. The van der Waals surface area contributed by atoms with Crippen LogP contribution in [0.25, 0.3) is 0 Å². The number of aromatic nitrogens is 2. The molecule has 0 spiro atoms. The molecular formula is C35H47N4O12P. The van der Waals surface area contributed by atoms with Crippen molar-refractivity contribution in [1.29, 1.82) is 0 Å². The molecule has 1 aliphatic rings. The summed E-state index contributed by atoms with van der Waals surface area (Å²) in [5.74, 6) is -1.13. The highest BCUT2D eigenvalue weighted by molar-refractivity contribution is 7.52. The van der Waals surface area contributed by atoms with E-state index in [1.807, 2.05) is 30.3 Å². The number of aliphatic hydroxyl groups is 2. The Morgan fingerprint density at radius 2 is 1.71 bits per heavy atom. The van der Waals surface area contributed by atoms with Crippen molar-refractivity contribution in [2.75, 3.05) is 12.1 Å². The van der Waals surface area contributed by atoms with Gasteiger partial charge < -0.3 is 33.9 Å². The number of para-hydroxylation sites is 1. The van der Waals surface area contributed by atoms with E-state index in [-0.39, 0.29) is 42.7 Å². The van der Waals surface area contributed by atoms with Gasteiger partial charge in [-0.15, -0.1) is 0 Å². The second-order valence-electron chi connectivity index (χ2n) is 13.0. The molecule has 52 heavy (non-hydrogen) atoms. The molecule has 2 heterocycles. The van der Waals surface area contributed by atoms with Crippen molar-refractivity contribution in [3.05, 3.63) is 88.0 Å². The number of H-pyrrole nitrogens is 1. The zero-order valence-corrected chi connectivity index (χ0v) is 30.8. The van der Waals surface area contributed by atoms with Gasteiger partial charge in [0.15, 0.2) is 5.82 Å². The normalized spacial score (nSPS) is 21.8. The van der Waals surface area contributed by atoms with Crippen LogP contribution in [0, 0.1) is 0 Å². The van der Waals surface area contributed by atoms with E-state index >= 15 is 0 Å². The van der Waals surface area contributed by atoms with Crippen molar-refractivity contribution < 1.29 is 52.5 Å². The minimum absolute atomic E-state index is 0.0145. The van der Waals surface area contributed by atoms with Gasteiger partial charge in [0.05, 0.1) is 25.4 Å². The number of rotatable bonds is 18. The van der Waals surface area contributed by atoms with E-state index in [1.165, 1.54) is 26.1 Å². The Morgan fingerprint density at radius 3 is 2.40 bits per heavy atom. The molecule has 4 rings (SSSR count). The fourth-order valence-electron chi connectivity index (χ4n) is 5.26. The number of aromatic amines is 1. The molecule has 0 bridgehead atoms. The summed E-state index contributed by atoms with van der Waals surface area (Å²) < 4.78 is 42.7. The van der Waals surface area contributed by atoms with Gasteiger partial charge in [0.1, 0.15) is 35.7 Å². The van der Waals surface area contributed by atoms with Crippen molar-refractivity contribution in [3.8, 4) is 5.75 Å². The highest BCUT2D eigenvalue weighted by Crippen LogP contribution is 2.49. The lowest BCUT2D eigenvalue weighted by Gasteiger charge is -2.28. The number of aryl methyl sites for hydroxylation is 1. The number of anilines is 1. The number of esters is 2. The minimum Gasteiger partial charge on any atom is -0.463 e. The van der Waals surface area contributed by atoms with Crippen LogP contribution in [0.5, 0.6) is 5.75 Å². The SMILES string of the molecule is CC(C)OC(=O)CCc1ccccc1OP(=O)(N[C@@H](C)C(=O)OC(C)C)OC[C@H]1O[C@H](c2c[nH]c(=O)nc2NOCc2ccccc2)[C@](C)(O)[C@@H]1O. The standard InChI is InChI=1S/C35H47N4O12P/c1-21(2)48-29(40)17-16-25-14-10-11-15-27(25)51-52(45,39-23(5)33(42)49-22(3)4)47-20-28-30(41)35(6,44)31(50-28)26-18-36-34(43)37-32(26)38-46-19-24-12-8-7-9-13-24/h7-15,18,21-23,28,30-31,41,44H,16-17,19-20H2,1-6H3,(H,39,45)(H2,36,37,38,43)/t23-,28+,30+,31+,35+,52?/m0/s1. The smallest absolute Gasteiger partial charge is 0.459 e. The molecule has 0 amide bonds. The Kier molecular flexibility index (Phi) is 14.1. The topological polar surface area (TPSA) is 217 Å². The molecule has 284 valence electrons. The highest BCUT2D eigenvalue weighted by atomic mass is 31.2. The van der Waals surface area contributed by atoms with Gasteiger partial charge in [-0.05, 0) is 65.2 Å². The number of nitrogens with zero attached hydrogens (tertiary/aromatic N) is 1. The molecule has 2 aromatic carbocycles. The number of ether oxygens (including phenoxy) is 3. The maximum absolute atomic E-state index is 14.4. The largest absolute Gasteiger partial charge is 0.463 e. The monoisotopic (exact) mass is 746 g/mol. The molecule has 5 N–H and O–H groups in total. The molecule has 17 heteroatoms. The fraction of sp³-hybridized carbons (Fsp3) is 0.486. The molecule has 1 fully saturated rings. The Balaban J connectivity index is 1.54. The lowest BCUT2D eigenvalue weighted by atomic mass is 9.89. The Bertz CT molecular complexity index is 1750. The second-order valence-corrected chi connectivity index (χ2v) is 14.7. The number of carbonyl (C=O) groups is 2. The van der Waals surface area contributed by atoms with Crippen LogP contribution in [0.15, 0.2) is 65.6 Å². The second kappa shape index (κ2) is 18.1. The van der Waals surface area contributed by atoms with Crippen LogP contribution in [-0.2, 0) is 50.8 Å². The van der Waals surface area contributed by atoms with Gasteiger partial charge in [0, 0.05) is 18.2 Å². The van der Waals surface area contributed by atoms with E-state index in [4.69, 9.17) is 28.1 Å². The van der Waals surface area contributed by atoms with Crippen molar-refractivity contribution in [1.82, 2.24) is 15.1 Å². The maximum Gasteiger partial charge on any atom is 0.459 e.